The van der Waals surface area contributed by atoms with Crippen LogP contribution in [0.25, 0.3) is 0 Å². The van der Waals surface area contributed by atoms with Crippen molar-refractivity contribution in [2.75, 3.05) is 27.4 Å². The molecule has 2 aromatic rings. The van der Waals surface area contributed by atoms with Crippen molar-refractivity contribution in [2.45, 2.75) is 13.2 Å². The normalized spacial score (nSPS) is 10.6. The lowest BCUT2D eigenvalue weighted by atomic mass is 10.2. The Morgan fingerprint density at radius 2 is 1.70 bits per heavy atom. The molecule has 0 fully saturated rings. The van der Waals surface area contributed by atoms with E-state index >= 15 is 0 Å². The fourth-order valence-electron chi connectivity index (χ4n) is 2.17. The molecule has 0 saturated carbocycles. The third-order valence-corrected chi connectivity index (χ3v) is 3.44. The molecular weight excluding hydrogens is 297 g/mol. The van der Waals surface area contributed by atoms with E-state index in [4.69, 9.17) is 14.2 Å². The topological polar surface area (TPSA) is 44.3 Å². The van der Waals surface area contributed by atoms with Crippen molar-refractivity contribution in [2.24, 2.45) is 0 Å². The number of benzene rings is 2. The molecule has 0 atom stereocenters. The summed E-state index contributed by atoms with van der Waals surface area (Å²) >= 11 is 0. The quantitative estimate of drug-likeness (QED) is 0.720. The lowest BCUT2D eigenvalue weighted by Crippen LogP contribution is -2.83. The van der Waals surface area contributed by atoms with Crippen LogP contribution in [-0.2, 0) is 17.9 Å². The van der Waals surface area contributed by atoms with Crippen LogP contribution in [0, 0.1) is 5.82 Å². The van der Waals surface area contributed by atoms with E-state index < -0.39 is 0 Å². The first-order valence-electron chi connectivity index (χ1n) is 7.57. The van der Waals surface area contributed by atoms with Gasteiger partial charge in [-0.2, -0.15) is 0 Å². The average molecular weight is 320 g/mol. The third-order valence-electron chi connectivity index (χ3n) is 3.44. The second-order valence-electron chi connectivity index (χ2n) is 5.17. The zero-order chi connectivity index (χ0) is 16.5. The number of rotatable bonds is 9. The zero-order valence-corrected chi connectivity index (χ0v) is 13.5. The van der Waals surface area contributed by atoms with Crippen molar-refractivity contribution in [3.63, 3.8) is 0 Å². The lowest BCUT2D eigenvalue weighted by Gasteiger charge is -2.12. The van der Waals surface area contributed by atoms with Crippen molar-refractivity contribution >= 4 is 0 Å². The molecule has 124 valence electrons. The Kier molecular flexibility index (Phi) is 6.84. The van der Waals surface area contributed by atoms with Gasteiger partial charge in [-0.3, -0.25) is 0 Å². The van der Waals surface area contributed by atoms with Gasteiger partial charge in [-0.15, -0.1) is 0 Å². The Hall–Kier alpha value is -2.11. The minimum absolute atomic E-state index is 0.250. The number of methoxy groups -OCH3 is 2. The van der Waals surface area contributed by atoms with Gasteiger partial charge >= 0.3 is 0 Å². The van der Waals surface area contributed by atoms with Crippen LogP contribution in [0.2, 0.25) is 0 Å². The average Bonchev–Trinajstić information content (AvgIpc) is 2.58. The summed E-state index contributed by atoms with van der Waals surface area (Å²) < 4.78 is 29.1. The molecule has 23 heavy (non-hydrogen) atoms. The zero-order valence-electron chi connectivity index (χ0n) is 13.5. The molecule has 2 aromatic carbocycles. The van der Waals surface area contributed by atoms with Crippen LogP contribution in [0.5, 0.6) is 11.5 Å². The SMILES string of the molecule is COCC[NH2+]Cc1ccc(OCc2ccc(F)cc2)c(OC)c1. The largest absolute Gasteiger partial charge is 0.493 e. The van der Waals surface area contributed by atoms with Gasteiger partial charge in [-0.1, -0.05) is 12.1 Å². The molecule has 0 saturated heterocycles. The molecule has 0 aliphatic rings. The Balaban J connectivity index is 1.94. The lowest BCUT2D eigenvalue weighted by molar-refractivity contribution is -0.671. The molecule has 2 N–H and O–H groups in total. The molecule has 0 unspecified atom stereocenters. The summed E-state index contributed by atoms with van der Waals surface area (Å²) in [7, 11) is 3.32. The molecule has 0 radical (unpaired) electrons. The highest BCUT2D eigenvalue weighted by molar-refractivity contribution is 5.42. The number of hydrogen-bond acceptors (Lipinski definition) is 3. The van der Waals surface area contributed by atoms with Crippen LogP contribution >= 0.6 is 0 Å². The van der Waals surface area contributed by atoms with Gasteiger partial charge in [-0.05, 0) is 35.9 Å². The van der Waals surface area contributed by atoms with Crippen LogP contribution in [0.1, 0.15) is 11.1 Å². The summed E-state index contributed by atoms with van der Waals surface area (Å²) in [5, 5.41) is 2.18. The molecule has 0 amide bonds. The summed E-state index contributed by atoms with van der Waals surface area (Å²) in [5.41, 5.74) is 2.07. The fourth-order valence-corrected chi connectivity index (χ4v) is 2.17. The molecule has 0 aliphatic heterocycles. The van der Waals surface area contributed by atoms with Gasteiger partial charge in [0.05, 0.1) is 20.3 Å². The molecule has 4 nitrogen and oxygen atoms in total. The molecule has 0 spiro atoms. The predicted molar refractivity (Wildman–Crippen MR) is 86.1 cm³/mol. The van der Waals surface area contributed by atoms with E-state index in [1.165, 1.54) is 12.1 Å². The van der Waals surface area contributed by atoms with Crippen LogP contribution in [0.3, 0.4) is 0 Å². The van der Waals surface area contributed by atoms with E-state index in [2.05, 4.69) is 5.32 Å². The van der Waals surface area contributed by atoms with Crippen molar-refractivity contribution in [1.82, 2.24) is 0 Å². The van der Waals surface area contributed by atoms with E-state index in [1.807, 2.05) is 18.2 Å². The summed E-state index contributed by atoms with van der Waals surface area (Å²) in [5.74, 6) is 1.13. The summed E-state index contributed by atoms with van der Waals surface area (Å²) in [6.07, 6.45) is 0. The van der Waals surface area contributed by atoms with Crippen molar-refractivity contribution in [3.8, 4) is 11.5 Å². The van der Waals surface area contributed by atoms with Crippen LogP contribution in [0.4, 0.5) is 4.39 Å². The fraction of sp³-hybridized carbons (Fsp3) is 0.333. The second-order valence-corrected chi connectivity index (χ2v) is 5.17. The maximum absolute atomic E-state index is 12.9. The monoisotopic (exact) mass is 320 g/mol. The standard InChI is InChI=1S/C18H22FNO3/c1-21-10-9-20-12-15-5-8-17(18(11-15)22-2)23-13-14-3-6-16(19)7-4-14/h3-8,11,20H,9-10,12-13H2,1-2H3/p+1. The van der Waals surface area contributed by atoms with Crippen LogP contribution in [0.15, 0.2) is 42.5 Å². The Morgan fingerprint density at radius 1 is 0.957 bits per heavy atom. The van der Waals surface area contributed by atoms with Crippen molar-refractivity contribution in [3.05, 3.63) is 59.4 Å². The predicted octanol–water partition coefficient (Wildman–Crippen LogP) is 2.12. The van der Waals surface area contributed by atoms with Crippen LogP contribution < -0.4 is 14.8 Å². The molecule has 0 heterocycles. The third kappa shape index (κ3) is 5.54. The van der Waals surface area contributed by atoms with Gasteiger partial charge in [0, 0.05) is 12.7 Å². The number of halogens is 1. The van der Waals surface area contributed by atoms with Crippen LogP contribution in [-0.4, -0.2) is 27.4 Å². The number of ether oxygens (including phenoxy) is 3. The van der Waals surface area contributed by atoms with Gasteiger partial charge in [0.25, 0.3) is 0 Å². The number of nitrogens with two attached hydrogens (primary N) is 1. The van der Waals surface area contributed by atoms with Gasteiger partial charge in [0.1, 0.15) is 19.0 Å². The van der Waals surface area contributed by atoms with Gasteiger partial charge in [0.15, 0.2) is 11.5 Å². The second kappa shape index (κ2) is 9.12. The minimum atomic E-state index is -0.250. The van der Waals surface area contributed by atoms with Gasteiger partial charge in [0.2, 0.25) is 0 Å². The first-order chi connectivity index (χ1) is 11.2. The maximum Gasteiger partial charge on any atom is 0.161 e. The highest BCUT2D eigenvalue weighted by atomic mass is 19.1. The van der Waals surface area contributed by atoms with E-state index in [-0.39, 0.29) is 5.82 Å². The smallest absolute Gasteiger partial charge is 0.161 e. The first-order valence-corrected chi connectivity index (χ1v) is 7.57. The Bertz CT molecular complexity index is 602. The number of hydrogen-bond donors (Lipinski definition) is 1. The summed E-state index contributed by atoms with van der Waals surface area (Å²) in [6, 6.07) is 12.2. The molecule has 2 rings (SSSR count). The highest BCUT2D eigenvalue weighted by Gasteiger charge is 2.07. The van der Waals surface area contributed by atoms with E-state index in [0.717, 1.165) is 30.8 Å². The number of quaternary nitrogens is 1. The van der Waals surface area contributed by atoms with Gasteiger partial charge in [-0.25, -0.2) is 4.39 Å². The van der Waals surface area contributed by atoms with E-state index in [0.29, 0.717) is 18.1 Å². The van der Waals surface area contributed by atoms with Gasteiger partial charge < -0.3 is 19.5 Å². The van der Waals surface area contributed by atoms with E-state index in [9.17, 15) is 4.39 Å². The first kappa shape index (κ1) is 17.2. The van der Waals surface area contributed by atoms with E-state index in [1.54, 1.807) is 26.4 Å². The highest BCUT2D eigenvalue weighted by Crippen LogP contribution is 2.28. The molecular formula is C18H23FNO3+. The Labute approximate surface area is 136 Å². The summed E-state index contributed by atoms with van der Waals surface area (Å²) in [6.45, 7) is 2.88. The molecule has 0 bridgehead atoms. The minimum Gasteiger partial charge on any atom is -0.493 e. The maximum atomic E-state index is 12.9. The van der Waals surface area contributed by atoms with Crippen molar-refractivity contribution in [1.29, 1.82) is 0 Å². The molecule has 0 aromatic heterocycles. The Morgan fingerprint density at radius 3 is 2.39 bits per heavy atom. The summed E-state index contributed by atoms with van der Waals surface area (Å²) in [4.78, 5) is 0. The van der Waals surface area contributed by atoms with Crippen molar-refractivity contribution < 1.29 is 23.9 Å². The molecule has 5 heteroatoms. The molecule has 0 aliphatic carbocycles.